The first kappa shape index (κ1) is 19.2. The van der Waals surface area contributed by atoms with Crippen molar-refractivity contribution in [2.45, 2.75) is 26.3 Å². The second kappa shape index (κ2) is 8.28. The number of aryl methyl sites for hydroxylation is 1. The molecule has 1 atom stereocenters. The Bertz CT molecular complexity index is 828. The second-order valence-electron chi connectivity index (χ2n) is 5.46. The lowest BCUT2D eigenvalue weighted by Crippen LogP contribution is -2.24. The highest BCUT2D eigenvalue weighted by Gasteiger charge is 2.18. The molecule has 0 fully saturated rings. The number of likely N-dealkylation sites (N-methyl/N-ethyl adjacent to an activating group) is 1. The molecule has 0 radical (unpaired) electrons. The summed E-state index contributed by atoms with van der Waals surface area (Å²) in [5, 5.41) is 10.7. The number of furan rings is 1. The molecule has 3 aromatic rings. The van der Waals surface area contributed by atoms with Crippen LogP contribution in [0.15, 0.2) is 33.4 Å². The summed E-state index contributed by atoms with van der Waals surface area (Å²) in [6, 6.07) is 5.43. The molecule has 0 aromatic carbocycles. The summed E-state index contributed by atoms with van der Waals surface area (Å²) < 4.78 is 10.4. The third kappa shape index (κ3) is 4.47. The fourth-order valence-corrected chi connectivity index (χ4v) is 3.13. The number of thiophene rings is 1. The van der Waals surface area contributed by atoms with Crippen molar-refractivity contribution < 1.29 is 13.7 Å². The number of hydrogen-bond donors (Lipinski definition) is 2. The van der Waals surface area contributed by atoms with Crippen LogP contribution in [0.4, 0.5) is 5.00 Å². The third-order valence-electron chi connectivity index (χ3n) is 3.54. The number of halogens is 1. The van der Waals surface area contributed by atoms with Crippen LogP contribution < -0.4 is 10.6 Å². The topological polar surface area (TPSA) is 93.2 Å². The summed E-state index contributed by atoms with van der Waals surface area (Å²) in [7, 11) is 1.89. The lowest BCUT2D eigenvalue weighted by Gasteiger charge is -2.04. The number of nitrogens with zero attached hydrogens (tertiary/aromatic N) is 2. The number of nitrogens with one attached hydrogen (secondary N) is 2. The van der Waals surface area contributed by atoms with Crippen LogP contribution in [-0.2, 0) is 6.42 Å². The summed E-state index contributed by atoms with van der Waals surface area (Å²) in [6.07, 6.45) is 2.15. The van der Waals surface area contributed by atoms with Gasteiger partial charge < -0.3 is 19.6 Å². The zero-order valence-electron chi connectivity index (χ0n) is 14.0. The number of hydrogen-bond acceptors (Lipinski definition) is 7. The first-order valence-corrected chi connectivity index (χ1v) is 8.34. The molecule has 0 aliphatic heterocycles. The Morgan fingerprint density at radius 1 is 1.44 bits per heavy atom. The quantitative estimate of drug-likeness (QED) is 0.677. The Labute approximate surface area is 155 Å². The predicted molar refractivity (Wildman–Crippen MR) is 98.5 cm³/mol. The Morgan fingerprint density at radius 2 is 2.24 bits per heavy atom. The van der Waals surface area contributed by atoms with E-state index in [0.717, 1.165) is 10.4 Å². The van der Waals surface area contributed by atoms with Crippen LogP contribution >= 0.6 is 23.7 Å². The number of anilines is 1. The zero-order chi connectivity index (χ0) is 17.1. The largest absolute Gasteiger partial charge is 0.459 e. The van der Waals surface area contributed by atoms with Gasteiger partial charge in [0.2, 0.25) is 0 Å². The van der Waals surface area contributed by atoms with Crippen molar-refractivity contribution in [3.8, 4) is 10.8 Å². The molecule has 0 saturated carbocycles. The van der Waals surface area contributed by atoms with Gasteiger partial charge in [-0.3, -0.25) is 4.79 Å². The number of carbonyl (C=O) groups is 1. The highest BCUT2D eigenvalue weighted by molar-refractivity contribution is 7.19. The minimum absolute atomic E-state index is 0. The standard InChI is InChI=1S/C16H18N4O3S.ClH/c1-9-7-13(19-15(21)11-5-4-6-22-11)24-14(9)16-18-12(20-23-16)8-10(2)17-3;/h4-7,10,17H,8H2,1-3H3,(H,19,21);1H. The lowest BCUT2D eigenvalue weighted by atomic mass is 10.2. The van der Waals surface area contributed by atoms with Crippen molar-refractivity contribution in [3.63, 3.8) is 0 Å². The van der Waals surface area contributed by atoms with E-state index in [0.29, 0.717) is 23.1 Å². The Morgan fingerprint density at radius 3 is 2.92 bits per heavy atom. The molecule has 9 heteroatoms. The van der Waals surface area contributed by atoms with Gasteiger partial charge in [-0.15, -0.1) is 23.7 Å². The Hall–Kier alpha value is -2.16. The SMILES string of the molecule is CNC(C)Cc1noc(-c2sc(NC(=O)c3ccco3)cc2C)n1.Cl. The molecule has 7 nitrogen and oxygen atoms in total. The first-order valence-electron chi connectivity index (χ1n) is 7.52. The van der Waals surface area contributed by atoms with Gasteiger partial charge in [0, 0.05) is 12.5 Å². The summed E-state index contributed by atoms with van der Waals surface area (Å²) in [5.41, 5.74) is 0.964. The number of rotatable bonds is 6. The molecule has 134 valence electrons. The van der Waals surface area contributed by atoms with E-state index < -0.39 is 0 Å². The number of carbonyl (C=O) groups excluding carboxylic acids is 1. The molecule has 3 rings (SSSR count). The number of amides is 1. The normalized spacial score (nSPS) is 11.8. The molecule has 0 aliphatic rings. The van der Waals surface area contributed by atoms with Crippen LogP contribution in [0.3, 0.4) is 0 Å². The van der Waals surface area contributed by atoms with Crippen molar-refractivity contribution in [2.75, 3.05) is 12.4 Å². The van der Waals surface area contributed by atoms with Gasteiger partial charge in [0.15, 0.2) is 11.6 Å². The van der Waals surface area contributed by atoms with E-state index in [4.69, 9.17) is 8.94 Å². The van der Waals surface area contributed by atoms with E-state index in [1.54, 1.807) is 12.1 Å². The van der Waals surface area contributed by atoms with Gasteiger partial charge in [0.1, 0.15) is 0 Å². The van der Waals surface area contributed by atoms with Gasteiger partial charge in [0.25, 0.3) is 11.8 Å². The molecule has 0 aliphatic carbocycles. The summed E-state index contributed by atoms with van der Waals surface area (Å²) in [6.45, 7) is 3.99. The second-order valence-corrected chi connectivity index (χ2v) is 6.52. The minimum Gasteiger partial charge on any atom is -0.459 e. The van der Waals surface area contributed by atoms with Gasteiger partial charge in [-0.2, -0.15) is 4.98 Å². The molecular formula is C16H19ClN4O3S. The Kier molecular flexibility index (Phi) is 6.35. The van der Waals surface area contributed by atoms with Crippen molar-refractivity contribution in [1.82, 2.24) is 15.5 Å². The van der Waals surface area contributed by atoms with Crippen molar-refractivity contribution >= 4 is 34.7 Å². The van der Waals surface area contributed by atoms with E-state index >= 15 is 0 Å². The van der Waals surface area contributed by atoms with E-state index in [1.807, 2.05) is 20.0 Å². The number of aromatic nitrogens is 2. The molecule has 1 unspecified atom stereocenters. The predicted octanol–water partition coefficient (Wildman–Crippen LogP) is 3.52. The van der Waals surface area contributed by atoms with Crippen molar-refractivity contribution in [1.29, 1.82) is 0 Å². The molecule has 25 heavy (non-hydrogen) atoms. The molecule has 1 amide bonds. The molecule has 3 heterocycles. The van der Waals surface area contributed by atoms with Gasteiger partial charge in [-0.1, -0.05) is 5.16 Å². The lowest BCUT2D eigenvalue weighted by molar-refractivity contribution is 0.0997. The van der Waals surface area contributed by atoms with Crippen molar-refractivity contribution in [3.05, 3.63) is 41.6 Å². The minimum atomic E-state index is -0.290. The zero-order valence-corrected chi connectivity index (χ0v) is 15.7. The highest BCUT2D eigenvalue weighted by atomic mass is 35.5. The molecule has 2 N–H and O–H groups in total. The fourth-order valence-electron chi connectivity index (χ4n) is 2.14. The summed E-state index contributed by atoms with van der Waals surface area (Å²) in [4.78, 5) is 17.3. The average Bonchev–Trinajstić information content (AvgIpc) is 3.28. The van der Waals surface area contributed by atoms with Crippen molar-refractivity contribution in [2.24, 2.45) is 0 Å². The van der Waals surface area contributed by atoms with Crippen LogP contribution in [0.5, 0.6) is 0 Å². The molecular weight excluding hydrogens is 364 g/mol. The van der Waals surface area contributed by atoms with E-state index in [-0.39, 0.29) is 30.1 Å². The van der Waals surface area contributed by atoms with E-state index in [9.17, 15) is 4.79 Å². The van der Waals surface area contributed by atoms with Crippen LogP contribution in [-0.4, -0.2) is 29.1 Å². The maximum Gasteiger partial charge on any atom is 0.291 e. The Balaban J connectivity index is 0.00000225. The monoisotopic (exact) mass is 382 g/mol. The van der Waals surface area contributed by atoms with Gasteiger partial charge in [0.05, 0.1) is 16.1 Å². The maximum atomic E-state index is 12.0. The fraction of sp³-hybridized carbons (Fsp3) is 0.312. The van der Waals surface area contributed by atoms with Crippen LogP contribution in [0.2, 0.25) is 0 Å². The van der Waals surface area contributed by atoms with E-state index in [1.165, 1.54) is 17.6 Å². The summed E-state index contributed by atoms with van der Waals surface area (Å²) >= 11 is 1.39. The van der Waals surface area contributed by atoms with Gasteiger partial charge >= 0.3 is 0 Å². The smallest absolute Gasteiger partial charge is 0.291 e. The third-order valence-corrected chi connectivity index (χ3v) is 4.68. The molecule has 3 aromatic heterocycles. The first-order chi connectivity index (χ1) is 11.6. The average molecular weight is 383 g/mol. The van der Waals surface area contributed by atoms with Crippen LogP contribution in [0, 0.1) is 6.92 Å². The van der Waals surface area contributed by atoms with Crippen LogP contribution in [0.25, 0.3) is 10.8 Å². The molecule has 0 bridgehead atoms. The van der Waals surface area contributed by atoms with Gasteiger partial charge in [-0.25, -0.2) is 0 Å². The molecule has 0 saturated heterocycles. The summed E-state index contributed by atoms with van der Waals surface area (Å²) in [5.74, 6) is 1.10. The highest BCUT2D eigenvalue weighted by Crippen LogP contribution is 2.34. The van der Waals surface area contributed by atoms with Crippen LogP contribution in [0.1, 0.15) is 28.9 Å². The maximum absolute atomic E-state index is 12.0. The molecule has 0 spiro atoms. The van der Waals surface area contributed by atoms with E-state index in [2.05, 4.69) is 27.7 Å². The van der Waals surface area contributed by atoms with Gasteiger partial charge in [-0.05, 0) is 44.7 Å².